The first-order valence-electron chi connectivity index (χ1n) is 7.31. The van der Waals surface area contributed by atoms with Crippen LogP contribution in [0.2, 0.25) is 0 Å². The van der Waals surface area contributed by atoms with Gasteiger partial charge in [-0.3, -0.25) is 9.59 Å². The van der Waals surface area contributed by atoms with Gasteiger partial charge in [-0.15, -0.1) is 0 Å². The van der Waals surface area contributed by atoms with Gasteiger partial charge in [0.1, 0.15) is 5.54 Å². The average molecular weight is 268 g/mol. The van der Waals surface area contributed by atoms with E-state index >= 15 is 0 Å². The monoisotopic (exact) mass is 268 g/mol. The molecule has 0 aromatic rings. The highest BCUT2D eigenvalue weighted by Crippen LogP contribution is 2.28. The third-order valence-electron chi connectivity index (χ3n) is 4.36. The fourth-order valence-electron chi connectivity index (χ4n) is 3.06. The molecule has 2 rings (SSSR count). The fraction of sp³-hybridized carbons (Fsp3) is 0.857. The molecule has 19 heavy (non-hydrogen) atoms. The first-order chi connectivity index (χ1) is 9.12. The van der Waals surface area contributed by atoms with E-state index in [1.807, 2.05) is 0 Å². The minimum atomic E-state index is -0.790. The number of nitrogens with one attached hydrogen (secondary N) is 1. The molecule has 1 heterocycles. The van der Waals surface area contributed by atoms with Crippen molar-refractivity contribution in [1.82, 2.24) is 5.32 Å². The van der Waals surface area contributed by atoms with E-state index in [1.165, 1.54) is 0 Å². The van der Waals surface area contributed by atoms with Crippen molar-refractivity contribution in [1.29, 1.82) is 0 Å². The van der Waals surface area contributed by atoms with Crippen LogP contribution in [0.4, 0.5) is 0 Å². The molecule has 0 spiro atoms. The predicted molar refractivity (Wildman–Crippen MR) is 71.3 cm³/mol. The van der Waals surface area contributed by atoms with Crippen molar-refractivity contribution in [3.63, 3.8) is 0 Å². The minimum absolute atomic E-state index is 0.0485. The minimum Gasteiger partial charge on any atom is -0.381 e. The highest BCUT2D eigenvalue weighted by molar-refractivity contribution is 5.90. The molecule has 0 radical (unpaired) electrons. The molecule has 0 bridgehead atoms. The smallest absolute Gasteiger partial charge is 0.243 e. The Balaban J connectivity index is 1.82. The van der Waals surface area contributed by atoms with Crippen LogP contribution in [0.1, 0.15) is 51.4 Å². The molecule has 2 amide bonds. The number of carbonyl (C=O) groups excluding carboxylic acids is 2. The fourth-order valence-corrected chi connectivity index (χ4v) is 3.06. The van der Waals surface area contributed by atoms with Crippen LogP contribution in [-0.4, -0.2) is 30.6 Å². The average Bonchev–Trinajstić information content (AvgIpc) is 2.90. The van der Waals surface area contributed by atoms with E-state index < -0.39 is 5.54 Å². The van der Waals surface area contributed by atoms with Crippen LogP contribution in [0.3, 0.4) is 0 Å². The maximum atomic E-state index is 12.0. The van der Waals surface area contributed by atoms with E-state index in [1.54, 1.807) is 0 Å². The number of nitrogens with two attached hydrogens (primary N) is 1. The summed E-state index contributed by atoms with van der Waals surface area (Å²) in [6, 6.07) is 0. The molecule has 1 atom stereocenters. The summed E-state index contributed by atoms with van der Waals surface area (Å²) in [5, 5.41) is 2.90. The molecule has 0 aromatic heterocycles. The molecule has 2 fully saturated rings. The van der Waals surface area contributed by atoms with Gasteiger partial charge in [0, 0.05) is 19.6 Å². The van der Waals surface area contributed by atoms with Crippen LogP contribution in [0.25, 0.3) is 0 Å². The summed E-state index contributed by atoms with van der Waals surface area (Å²) in [6.07, 6.45) is 6.73. The Kier molecular flexibility index (Phi) is 4.80. The summed E-state index contributed by atoms with van der Waals surface area (Å²) in [5.74, 6) is 0.0546. The molecule has 108 valence electrons. The van der Waals surface area contributed by atoms with Gasteiger partial charge in [-0.2, -0.15) is 0 Å². The van der Waals surface area contributed by atoms with Gasteiger partial charge < -0.3 is 15.8 Å². The standard InChI is InChI=1S/C14H24N2O3/c15-13(18)14(7-2-1-3-8-14)16-12(17)5-4-11-6-9-19-10-11/h11H,1-10H2,(H2,15,18)(H,16,17)/t11-/m1/s1. The molecular formula is C14H24N2O3. The summed E-state index contributed by atoms with van der Waals surface area (Å²) < 4.78 is 5.29. The Hall–Kier alpha value is -1.10. The third-order valence-corrected chi connectivity index (χ3v) is 4.36. The zero-order chi connectivity index (χ0) is 13.7. The molecule has 1 aliphatic carbocycles. The van der Waals surface area contributed by atoms with Gasteiger partial charge in [0.05, 0.1) is 0 Å². The van der Waals surface area contributed by atoms with Crippen LogP contribution in [0.15, 0.2) is 0 Å². The summed E-state index contributed by atoms with van der Waals surface area (Å²) in [6.45, 7) is 1.56. The largest absolute Gasteiger partial charge is 0.381 e. The highest BCUT2D eigenvalue weighted by Gasteiger charge is 2.39. The van der Waals surface area contributed by atoms with Crippen LogP contribution < -0.4 is 11.1 Å². The quantitative estimate of drug-likeness (QED) is 0.783. The summed E-state index contributed by atoms with van der Waals surface area (Å²) in [4.78, 5) is 23.7. The third kappa shape index (κ3) is 3.69. The second-order valence-corrected chi connectivity index (χ2v) is 5.82. The Morgan fingerprint density at radius 2 is 2.00 bits per heavy atom. The van der Waals surface area contributed by atoms with Gasteiger partial charge in [0.25, 0.3) is 0 Å². The Bertz CT molecular complexity index is 332. The number of hydrogen-bond acceptors (Lipinski definition) is 3. The maximum absolute atomic E-state index is 12.0. The molecule has 2 aliphatic rings. The first kappa shape index (κ1) is 14.3. The second kappa shape index (κ2) is 6.37. The predicted octanol–water partition coefficient (Wildman–Crippen LogP) is 1.11. The van der Waals surface area contributed by atoms with Gasteiger partial charge in [-0.05, 0) is 31.6 Å². The van der Waals surface area contributed by atoms with Crippen molar-refractivity contribution in [3.8, 4) is 0 Å². The van der Waals surface area contributed by atoms with Crippen molar-refractivity contribution in [2.24, 2.45) is 11.7 Å². The van der Waals surface area contributed by atoms with Gasteiger partial charge in [-0.1, -0.05) is 19.3 Å². The molecule has 1 saturated carbocycles. The lowest BCUT2D eigenvalue weighted by atomic mass is 9.81. The topological polar surface area (TPSA) is 81.4 Å². The maximum Gasteiger partial charge on any atom is 0.243 e. The molecule has 0 unspecified atom stereocenters. The van der Waals surface area contributed by atoms with Crippen molar-refractivity contribution >= 4 is 11.8 Å². The molecule has 0 aromatic carbocycles. The SMILES string of the molecule is NC(=O)C1(NC(=O)CC[C@@H]2CCOC2)CCCCC1. The Morgan fingerprint density at radius 3 is 2.58 bits per heavy atom. The van der Waals surface area contributed by atoms with Gasteiger partial charge >= 0.3 is 0 Å². The van der Waals surface area contributed by atoms with E-state index in [-0.39, 0.29) is 11.8 Å². The van der Waals surface area contributed by atoms with E-state index in [4.69, 9.17) is 10.5 Å². The lowest BCUT2D eigenvalue weighted by molar-refractivity contribution is -0.133. The number of primary amides is 1. The molecule has 5 nitrogen and oxygen atoms in total. The summed E-state index contributed by atoms with van der Waals surface area (Å²) in [5.41, 5.74) is 4.70. The number of rotatable bonds is 5. The Morgan fingerprint density at radius 1 is 1.26 bits per heavy atom. The number of hydrogen-bond donors (Lipinski definition) is 2. The van der Waals surface area contributed by atoms with Gasteiger partial charge in [0.2, 0.25) is 11.8 Å². The van der Waals surface area contributed by atoms with E-state index in [9.17, 15) is 9.59 Å². The zero-order valence-corrected chi connectivity index (χ0v) is 11.5. The first-order valence-corrected chi connectivity index (χ1v) is 7.31. The van der Waals surface area contributed by atoms with Crippen molar-refractivity contribution in [3.05, 3.63) is 0 Å². The van der Waals surface area contributed by atoms with Crippen molar-refractivity contribution < 1.29 is 14.3 Å². The molecule has 3 N–H and O–H groups in total. The van der Waals surface area contributed by atoms with Crippen LogP contribution >= 0.6 is 0 Å². The summed E-state index contributed by atoms with van der Waals surface area (Å²) >= 11 is 0. The van der Waals surface area contributed by atoms with E-state index in [0.717, 1.165) is 45.3 Å². The van der Waals surface area contributed by atoms with Crippen LogP contribution in [0, 0.1) is 5.92 Å². The van der Waals surface area contributed by atoms with Crippen molar-refractivity contribution in [2.45, 2.75) is 56.9 Å². The second-order valence-electron chi connectivity index (χ2n) is 5.82. The molecule has 1 aliphatic heterocycles. The number of carbonyl (C=O) groups is 2. The zero-order valence-electron chi connectivity index (χ0n) is 11.5. The molecular weight excluding hydrogens is 244 g/mol. The van der Waals surface area contributed by atoms with E-state index in [2.05, 4.69) is 5.32 Å². The van der Waals surface area contributed by atoms with Crippen LogP contribution in [0.5, 0.6) is 0 Å². The number of ether oxygens (including phenoxy) is 1. The van der Waals surface area contributed by atoms with Gasteiger partial charge in [-0.25, -0.2) is 0 Å². The van der Waals surface area contributed by atoms with Crippen molar-refractivity contribution in [2.75, 3.05) is 13.2 Å². The molecule has 5 heteroatoms. The Labute approximate surface area is 114 Å². The van der Waals surface area contributed by atoms with Crippen LogP contribution in [-0.2, 0) is 14.3 Å². The summed E-state index contributed by atoms with van der Waals surface area (Å²) in [7, 11) is 0. The lowest BCUT2D eigenvalue weighted by Crippen LogP contribution is -2.58. The molecule has 1 saturated heterocycles. The van der Waals surface area contributed by atoms with E-state index in [0.29, 0.717) is 25.2 Å². The highest BCUT2D eigenvalue weighted by atomic mass is 16.5. The number of amides is 2. The van der Waals surface area contributed by atoms with Gasteiger partial charge in [0.15, 0.2) is 0 Å². The lowest BCUT2D eigenvalue weighted by Gasteiger charge is -2.35. The normalized spacial score (nSPS) is 26.0.